The van der Waals surface area contributed by atoms with Crippen LogP contribution < -0.4 is 5.32 Å². The van der Waals surface area contributed by atoms with Gasteiger partial charge in [0.1, 0.15) is 5.82 Å². The number of pyridine rings is 1. The Labute approximate surface area is 154 Å². The molecule has 0 aliphatic rings. The molecule has 26 heavy (non-hydrogen) atoms. The van der Waals surface area contributed by atoms with Crippen LogP contribution in [-0.2, 0) is 11.3 Å². The van der Waals surface area contributed by atoms with Crippen molar-refractivity contribution in [2.45, 2.75) is 30.8 Å². The largest absolute Gasteiger partial charge is 0.325 e. The zero-order valence-corrected chi connectivity index (χ0v) is 15.2. The van der Waals surface area contributed by atoms with E-state index < -0.39 is 5.25 Å². The first-order valence-corrected chi connectivity index (χ1v) is 9.03. The third-order valence-corrected chi connectivity index (χ3v) is 4.80. The van der Waals surface area contributed by atoms with Gasteiger partial charge in [0.05, 0.1) is 5.25 Å². The molecule has 6 nitrogen and oxygen atoms in total. The first-order valence-electron chi connectivity index (χ1n) is 8.15. The van der Waals surface area contributed by atoms with Crippen LogP contribution in [0.25, 0.3) is 11.4 Å². The van der Waals surface area contributed by atoms with E-state index in [2.05, 4.69) is 20.5 Å². The number of rotatable bonds is 6. The Morgan fingerprint density at radius 2 is 2.04 bits per heavy atom. The maximum atomic E-state index is 13.0. The van der Waals surface area contributed by atoms with Gasteiger partial charge in [-0.05, 0) is 50.2 Å². The Morgan fingerprint density at radius 3 is 2.69 bits per heavy atom. The molecule has 0 aliphatic heterocycles. The number of carbonyl (C=O) groups excluding carboxylic acids is 1. The number of benzene rings is 1. The molecule has 2 aromatic heterocycles. The van der Waals surface area contributed by atoms with E-state index in [1.807, 2.05) is 23.6 Å². The summed E-state index contributed by atoms with van der Waals surface area (Å²) >= 11 is 1.32. The van der Waals surface area contributed by atoms with Crippen molar-refractivity contribution in [1.29, 1.82) is 0 Å². The fourth-order valence-corrected chi connectivity index (χ4v) is 3.27. The normalized spacial score (nSPS) is 12.0. The van der Waals surface area contributed by atoms with Crippen LogP contribution in [0.3, 0.4) is 0 Å². The monoisotopic (exact) mass is 371 g/mol. The van der Waals surface area contributed by atoms with Gasteiger partial charge in [-0.2, -0.15) is 0 Å². The van der Waals surface area contributed by atoms with E-state index in [4.69, 9.17) is 0 Å². The van der Waals surface area contributed by atoms with Gasteiger partial charge in [0.25, 0.3) is 0 Å². The number of hydrogen-bond donors (Lipinski definition) is 1. The summed E-state index contributed by atoms with van der Waals surface area (Å²) in [5.74, 6) is 0.189. The first-order chi connectivity index (χ1) is 12.6. The van der Waals surface area contributed by atoms with Gasteiger partial charge >= 0.3 is 0 Å². The molecule has 1 aromatic carbocycles. The highest BCUT2D eigenvalue weighted by molar-refractivity contribution is 8.00. The zero-order chi connectivity index (χ0) is 18.5. The molecule has 0 saturated carbocycles. The van der Waals surface area contributed by atoms with E-state index in [0.717, 1.165) is 5.56 Å². The molecule has 8 heteroatoms. The third kappa shape index (κ3) is 4.08. The molecule has 0 fully saturated rings. The highest BCUT2D eigenvalue weighted by Gasteiger charge is 2.20. The molecule has 0 aliphatic carbocycles. The van der Waals surface area contributed by atoms with Gasteiger partial charge in [-0.25, -0.2) is 4.39 Å². The summed E-state index contributed by atoms with van der Waals surface area (Å²) in [7, 11) is 0. The first kappa shape index (κ1) is 18.1. The quantitative estimate of drug-likeness (QED) is 0.670. The van der Waals surface area contributed by atoms with Gasteiger partial charge in [0.15, 0.2) is 11.0 Å². The van der Waals surface area contributed by atoms with Crippen molar-refractivity contribution in [3.05, 3.63) is 54.6 Å². The summed E-state index contributed by atoms with van der Waals surface area (Å²) in [4.78, 5) is 16.5. The minimum Gasteiger partial charge on any atom is -0.325 e. The summed E-state index contributed by atoms with van der Waals surface area (Å²) in [5, 5.41) is 11.5. The lowest BCUT2D eigenvalue weighted by molar-refractivity contribution is -0.115. The second kappa shape index (κ2) is 8.09. The fourth-order valence-electron chi connectivity index (χ4n) is 2.36. The minimum atomic E-state index is -0.392. The molecular formula is C18H18FN5OS. The van der Waals surface area contributed by atoms with Crippen molar-refractivity contribution < 1.29 is 9.18 Å². The summed E-state index contributed by atoms with van der Waals surface area (Å²) in [6, 6.07) is 9.43. The van der Waals surface area contributed by atoms with Crippen molar-refractivity contribution in [3.63, 3.8) is 0 Å². The lowest BCUT2D eigenvalue weighted by Crippen LogP contribution is -2.23. The summed E-state index contributed by atoms with van der Waals surface area (Å²) < 4.78 is 14.9. The highest BCUT2D eigenvalue weighted by atomic mass is 32.2. The van der Waals surface area contributed by atoms with E-state index >= 15 is 0 Å². The highest BCUT2D eigenvalue weighted by Crippen LogP contribution is 2.27. The van der Waals surface area contributed by atoms with E-state index in [1.54, 1.807) is 19.3 Å². The lowest BCUT2D eigenvalue weighted by Gasteiger charge is -2.12. The Balaban J connectivity index is 1.73. The molecule has 2 heterocycles. The molecule has 3 rings (SSSR count). The van der Waals surface area contributed by atoms with Gasteiger partial charge in [-0.1, -0.05) is 11.8 Å². The number of hydrogen-bond acceptors (Lipinski definition) is 5. The smallest absolute Gasteiger partial charge is 0.237 e. The molecule has 1 unspecified atom stereocenters. The second-order valence-corrected chi connectivity index (χ2v) is 6.86. The number of thioether (sulfide) groups is 1. The molecule has 134 valence electrons. The maximum Gasteiger partial charge on any atom is 0.237 e. The molecular weight excluding hydrogens is 353 g/mol. The van der Waals surface area contributed by atoms with Crippen molar-refractivity contribution >= 4 is 23.4 Å². The van der Waals surface area contributed by atoms with Crippen LogP contribution in [0, 0.1) is 5.82 Å². The van der Waals surface area contributed by atoms with Crippen LogP contribution in [-0.4, -0.2) is 30.9 Å². The van der Waals surface area contributed by atoms with E-state index in [0.29, 0.717) is 23.2 Å². The lowest BCUT2D eigenvalue weighted by atomic mass is 10.3. The average Bonchev–Trinajstić information content (AvgIpc) is 3.06. The molecule has 0 radical (unpaired) electrons. The van der Waals surface area contributed by atoms with Crippen LogP contribution in [0.4, 0.5) is 10.1 Å². The van der Waals surface area contributed by atoms with Crippen LogP contribution in [0.2, 0.25) is 0 Å². The molecule has 1 N–H and O–H groups in total. The van der Waals surface area contributed by atoms with Crippen LogP contribution in [0.1, 0.15) is 13.8 Å². The number of carbonyl (C=O) groups is 1. The molecule has 0 bridgehead atoms. The minimum absolute atomic E-state index is 0.185. The molecule has 0 spiro atoms. The van der Waals surface area contributed by atoms with Gasteiger partial charge < -0.3 is 9.88 Å². The number of nitrogens with one attached hydrogen (secondary N) is 1. The van der Waals surface area contributed by atoms with Crippen molar-refractivity contribution in [1.82, 2.24) is 19.7 Å². The third-order valence-electron chi connectivity index (χ3n) is 3.72. The molecule has 1 atom stereocenters. The standard InChI is InChI=1S/C18H18FN5OS/c1-3-24-16(13-5-4-10-20-11-13)22-23-18(24)26-12(2)17(25)21-15-8-6-14(19)7-9-15/h4-12H,3H2,1-2H3,(H,21,25). The Hall–Kier alpha value is -2.74. The molecule has 0 saturated heterocycles. The van der Waals surface area contributed by atoms with Gasteiger partial charge in [0, 0.05) is 30.2 Å². The SMILES string of the molecule is CCn1c(SC(C)C(=O)Nc2ccc(F)cc2)nnc1-c1cccnc1. The summed E-state index contributed by atoms with van der Waals surface area (Å²) in [6.07, 6.45) is 3.43. The van der Waals surface area contributed by atoms with E-state index in [1.165, 1.54) is 36.0 Å². The van der Waals surface area contributed by atoms with E-state index in [9.17, 15) is 9.18 Å². The Morgan fingerprint density at radius 1 is 1.27 bits per heavy atom. The number of aromatic nitrogens is 4. The second-order valence-electron chi connectivity index (χ2n) is 5.55. The average molecular weight is 371 g/mol. The number of halogens is 1. The maximum absolute atomic E-state index is 13.0. The van der Waals surface area contributed by atoms with Crippen LogP contribution >= 0.6 is 11.8 Å². The van der Waals surface area contributed by atoms with Gasteiger partial charge in [-0.15, -0.1) is 10.2 Å². The van der Waals surface area contributed by atoms with E-state index in [-0.39, 0.29) is 11.7 Å². The predicted molar refractivity (Wildman–Crippen MR) is 99.3 cm³/mol. The fraction of sp³-hybridized carbons (Fsp3) is 0.222. The number of anilines is 1. The van der Waals surface area contributed by atoms with Crippen molar-refractivity contribution in [2.75, 3.05) is 5.32 Å². The van der Waals surface area contributed by atoms with Crippen molar-refractivity contribution in [3.8, 4) is 11.4 Å². The number of nitrogens with zero attached hydrogens (tertiary/aromatic N) is 4. The summed E-state index contributed by atoms with van der Waals surface area (Å²) in [6.45, 7) is 4.46. The predicted octanol–water partition coefficient (Wildman–Crippen LogP) is 3.62. The summed E-state index contributed by atoms with van der Waals surface area (Å²) in [5.41, 5.74) is 1.42. The molecule has 3 aromatic rings. The van der Waals surface area contributed by atoms with Gasteiger partial charge in [-0.3, -0.25) is 9.78 Å². The topological polar surface area (TPSA) is 72.7 Å². The van der Waals surface area contributed by atoms with Crippen LogP contribution in [0.5, 0.6) is 0 Å². The molecule has 1 amide bonds. The van der Waals surface area contributed by atoms with Crippen molar-refractivity contribution in [2.24, 2.45) is 0 Å². The Bertz CT molecular complexity index is 882. The zero-order valence-electron chi connectivity index (χ0n) is 14.4. The number of amides is 1. The Kier molecular flexibility index (Phi) is 5.62. The van der Waals surface area contributed by atoms with Crippen LogP contribution in [0.15, 0.2) is 53.9 Å². The van der Waals surface area contributed by atoms with Gasteiger partial charge in [0.2, 0.25) is 5.91 Å².